The van der Waals surface area contributed by atoms with Crippen LogP contribution in [0.4, 0.5) is 5.95 Å². The number of unbranched alkanes of at least 4 members (excludes halogenated alkanes) is 8. The van der Waals surface area contributed by atoms with Crippen LogP contribution in [0.25, 0.3) is 0 Å². The molecule has 0 spiro atoms. The largest absolute Gasteiger partial charge is 0.368 e. The first-order chi connectivity index (χ1) is 9.22. The molecule has 0 saturated heterocycles. The summed E-state index contributed by atoms with van der Waals surface area (Å²) in [7, 11) is 0. The number of hydrogen-bond acceptors (Lipinski definition) is 3. The summed E-state index contributed by atoms with van der Waals surface area (Å²) >= 11 is 0. The molecular weight excluding hydrogens is 234 g/mol. The molecule has 19 heavy (non-hydrogen) atoms. The number of aryl methyl sites for hydroxylation is 2. The van der Waals surface area contributed by atoms with E-state index in [0.29, 0.717) is 5.95 Å². The minimum Gasteiger partial charge on any atom is -0.368 e. The van der Waals surface area contributed by atoms with Crippen molar-refractivity contribution in [3.8, 4) is 0 Å². The molecule has 0 bridgehead atoms. The van der Waals surface area contributed by atoms with Gasteiger partial charge in [-0.25, -0.2) is 9.97 Å². The lowest BCUT2D eigenvalue weighted by Crippen LogP contribution is -2.01. The van der Waals surface area contributed by atoms with E-state index in [9.17, 15) is 0 Å². The third-order valence-corrected chi connectivity index (χ3v) is 3.46. The maximum absolute atomic E-state index is 5.65. The van der Waals surface area contributed by atoms with Gasteiger partial charge in [-0.05, 0) is 25.8 Å². The van der Waals surface area contributed by atoms with E-state index in [1.807, 2.05) is 13.0 Å². The minimum atomic E-state index is 0.408. The van der Waals surface area contributed by atoms with Crippen LogP contribution in [0.5, 0.6) is 0 Å². The van der Waals surface area contributed by atoms with Crippen LogP contribution in [0.15, 0.2) is 6.07 Å². The SMILES string of the molecule is CCCCCCCCCCCc1cc(C)nc(N)n1. The molecule has 1 heterocycles. The fourth-order valence-electron chi connectivity index (χ4n) is 2.40. The van der Waals surface area contributed by atoms with Crippen molar-refractivity contribution in [2.75, 3.05) is 5.73 Å². The molecule has 108 valence electrons. The van der Waals surface area contributed by atoms with E-state index in [1.54, 1.807) is 0 Å². The van der Waals surface area contributed by atoms with Crippen LogP contribution in [0.2, 0.25) is 0 Å². The number of nitrogens with zero attached hydrogens (tertiary/aromatic N) is 2. The van der Waals surface area contributed by atoms with Gasteiger partial charge in [0.2, 0.25) is 5.95 Å². The summed E-state index contributed by atoms with van der Waals surface area (Å²) in [5.74, 6) is 0.408. The summed E-state index contributed by atoms with van der Waals surface area (Å²) in [6.45, 7) is 4.24. The second-order valence-corrected chi connectivity index (χ2v) is 5.44. The van der Waals surface area contributed by atoms with Gasteiger partial charge in [-0.3, -0.25) is 0 Å². The second kappa shape index (κ2) is 9.76. The summed E-state index contributed by atoms with van der Waals surface area (Å²) in [5.41, 5.74) is 7.71. The van der Waals surface area contributed by atoms with Gasteiger partial charge in [0.05, 0.1) is 0 Å². The van der Waals surface area contributed by atoms with E-state index in [2.05, 4.69) is 16.9 Å². The highest BCUT2D eigenvalue weighted by molar-refractivity contribution is 5.21. The molecule has 0 amide bonds. The molecule has 0 aliphatic rings. The Morgan fingerprint density at radius 3 is 2.05 bits per heavy atom. The lowest BCUT2D eigenvalue weighted by molar-refractivity contribution is 0.563. The van der Waals surface area contributed by atoms with Gasteiger partial charge in [-0.1, -0.05) is 58.3 Å². The van der Waals surface area contributed by atoms with Gasteiger partial charge in [0.15, 0.2) is 0 Å². The molecule has 3 heteroatoms. The van der Waals surface area contributed by atoms with E-state index in [0.717, 1.165) is 17.8 Å². The molecule has 2 N–H and O–H groups in total. The number of hydrogen-bond donors (Lipinski definition) is 1. The van der Waals surface area contributed by atoms with E-state index in [-0.39, 0.29) is 0 Å². The van der Waals surface area contributed by atoms with Crippen molar-refractivity contribution in [3.05, 3.63) is 17.5 Å². The van der Waals surface area contributed by atoms with Crippen LogP contribution in [-0.4, -0.2) is 9.97 Å². The van der Waals surface area contributed by atoms with Crippen LogP contribution in [-0.2, 0) is 6.42 Å². The number of rotatable bonds is 10. The number of nitrogen functional groups attached to an aromatic ring is 1. The molecule has 0 aliphatic heterocycles. The molecule has 1 rings (SSSR count). The molecule has 0 unspecified atom stereocenters. The molecular formula is C16H29N3. The highest BCUT2D eigenvalue weighted by Crippen LogP contribution is 2.11. The quantitative estimate of drug-likeness (QED) is 0.635. The maximum Gasteiger partial charge on any atom is 0.220 e. The van der Waals surface area contributed by atoms with Crippen LogP contribution < -0.4 is 5.73 Å². The van der Waals surface area contributed by atoms with Crippen molar-refractivity contribution in [2.24, 2.45) is 0 Å². The van der Waals surface area contributed by atoms with E-state index in [1.165, 1.54) is 57.8 Å². The molecule has 3 nitrogen and oxygen atoms in total. The Balaban J connectivity index is 2.01. The van der Waals surface area contributed by atoms with Crippen molar-refractivity contribution in [2.45, 2.75) is 78.1 Å². The predicted molar refractivity (Wildman–Crippen MR) is 82.1 cm³/mol. The summed E-state index contributed by atoms with van der Waals surface area (Å²) < 4.78 is 0. The van der Waals surface area contributed by atoms with Crippen molar-refractivity contribution in [3.63, 3.8) is 0 Å². The maximum atomic E-state index is 5.65. The zero-order valence-corrected chi connectivity index (χ0v) is 12.6. The molecule has 1 aromatic rings. The van der Waals surface area contributed by atoms with Crippen LogP contribution in [0.3, 0.4) is 0 Å². The lowest BCUT2D eigenvalue weighted by Gasteiger charge is -2.04. The van der Waals surface area contributed by atoms with Crippen molar-refractivity contribution in [1.29, 1.82) is 0 Å². The minimum absolute atomic E-state index is 0.408. The van der Waals surface area contributed by atoms with Crippen LogP contribution in [0.1, 0.15) is 76.1 Å². The van der Waals surface area contributed by atoms with Gasteiger partial charge in [0.25, 0.3) is 0 Å². The Hall–Kier alpha value is -1.12. The average molecular weight is 263 g/mol. The smallest absolute Gasteiger partial charge is 0.220 e. The van der Waals surface area contributed by atoms with Gasteiger partial charge in [-0.15, -0.1) is 0 Å². The monoisotopic (exact) mass is 263 g/mol. The van der Waals surface area contributed by atoms with E-state index in [4.69, 9.17) is 5.73 Å². The third-order valence-electron chi connectivity index (χ3n) is 3.46. The zero-order valence-electron chi connectivity index (χ0n) is 12.6. The summed E-state index contributed by atoms with van der Waals surface area (Å²) in [6.07, 6.45) is 13.2. The van der Waals surface area contributed by atoms with Crippen LogP contribution >= 0.6 is 0 Å². The fraction of sp³-hybridized carbons (Fsp3) is 0.750. The first kappa shape index (κ1) is 15.9. The van der Waals surface area contributed by atoms with Gasteiger partial charge < -0.3 is 5.73 Å². The van der Waals surface area contributed by atoms with Crippen molar-refractivity contribution in [1.82, 2.24) is 9.97 Å². The van der Waals surface area contributed by atoms with Gasteiger partial charge in [0.1, 0.15) is 0 Å². The Labute approximate surface area is 118 Å². The Bertz CT molecular complexity index is 330. The summed E-state index contributed by atoms with van der Waals surface area (Å²) in [4.78, 5) is 8.36. The van der Waals surface area contributed by atoms with Crippen LogP contribution in [0, 0.1) is 6.92 Å². The number of anilines is 1. The average Bonchev–Trinajstić information content (AvgIpc) is 2.36. The molecule has 0 atom stereocenters. The zero-order chi connectivity index (χ0) is 13.9. The summed E-state index contributed by atoms with van der Waals surface area (Å²) in [5, 5.41) is 0. The predicted octanol–water partition coefficient (Wildman–Crippen LogP) is 4.44. The first-order valence-corrected chi connectivity index (χ1v) is 7.82. The molecule has 1 aromatic heterocycles. The number of nitrogens with two attached hydrogens (primary N) is 1. The van der Waals surface area contributed by atoms with Gasteiger partial charge in [-0.2, -0.15) is 0 Å². The number of aromatic nitrogens is 2. The Kier molecular flexibility index (Phi) is 8.19. The van der Waals surface area contributed by atoms with Crippen molar-refractivity contribution < 1.29 is 0 Å². The van der Waals surface area contributed by atoms with Crippen molar-refractivity contribution >= 4 is 5.95 Å². The fourth-order valence-corrected chi connectivity index (χ4v) is 2.40. The molecule has 0 aromatic carbocycles. The molecule has 0 saturated carbocycles. The lowest BCUT2D eigenvalue weighted by atomic mass is 10.1. The topological polar surface area (TPSA) is 51.8 Å². The Morgan fingerprint density at radius 2 is 1.47 bits per heavy atom. The Morgan fingerprint density at radius 1 is 0.895 bits per heavy atom. The van der Waals surface area contributed by atoms with Gasteiger partial charge >= 0.3 is 0 Å². The normalized spacial score (nSPS) is 10.8. The first-order valence-electron chi connectivity index (χ1n) is 7.82. The molecule has 0 radical (unpaired) electrons. The summed E-state index contributed by atoms with van der Waals surface area (Å²) in [6, 6.07) is 2.04. The van der Waals surface area contributed by atoms with E-state index >= 15 is 0 Å². The van der Waals surface area contributed by atoms with E-state index < -0.39 is 0 Å². The highest BCUT2D eigenvalue weighted by Gasteiger charge is 1.99. The van der Waals surface area contributed by atoms with Gasteiger partial charge in [0, 0.05) is 11.4 Å². The third kappa shape index (κ3) is 7.81. The highest BCUT2D eigenvalue weighted by atomic mass is 15.0. The second-order valence-electron chi connectivity index (χ2n) is 5.44. The standard InChI is InChI=1S/C16H29N3/c1-3-4-5-6-7-8-9-10-11-12-15-13-14(2)18-16(17)19-15/h13H,3-12H2,1-2H3,(H2,17,18,19). The molecule has 0 aliphatic carbocycles. The molecule has 0 fully saturated rings.